The van der Waals surface area contributed by atoms with Gasteiger partial charge in [-0.25, -0.2) is 0 Å². The molecule has 0 radical (unpaired) electrons. The Morgan fingerprint density at radius 3 is 1.85 bits per heavy atom. The quantitative estimate of drug-likeness (QED) is 0.463. The average Bonchev–Trinajstić information content (AvgIpc) is 2.03. The van der Waals surface area contributed by atoms with Gasteiger partial charge in [0.1, 0.15) is 6.04 Å². The van der Waals surface area contributed by atoms with Crippen LogP contribution in [0.3, 0.4) is 0 Å². The van der Waals surface area contributed by atoms with Crippen molar-refractivity contribution in [3.05, 3.63) is 0 Å². The minimum absolute atomic E-state index is 0.0694. The van der Waals surface area contributed by atoms with Crippen molar-refractivity contribution in [3.63, 3.8) is 0 Å². The van der Waals surface area contributed by atoms with E-state index in [0.717, 1.165) is 0 Å². The van der Waals surface area contributed by atoms with Gasteiger partial charge in [-0.15, -0.1) is 0 Å². The maximum atomic E-state index is 9.81. The van der Waals surface area contributed by atoms with Crippen molar-refractivity contribution in [2.45, 2.75) is 25.8 Å². The van der Waals surface area contributed by atoms with Gasteiger partial charge in [0, 0.05) is 6.54 Å². The highest BCUT2D eigenvalue weighted by Gasteiger charge is 2.05. The minimum atomic E-state index is -0.928. The van der Waals surface area contributed by atoms with Crippen molar-refractivity contribution in [1.82, 2.24) is 0 Å². The lowest BCUT2D eigenvalue weighted by Gasteiger charge is -1.97. The first-order chi connectivity index (χ1) is 5.95. The first-order valence-electron chi connectivity index (χ1n) is 3.85. The molecule has 0 heterocycles. The summed E-state index contributed by atoms with van der Waals surface area (Å²) >= 11 is 0. The van der Waals surface area contributed by atoms with Gasteiger partial charge in [-0.05, 0) is 6.42 Å². The van der Waals surface area contributed by atoms with E-state index in [1.165, 1.54) is 0 Å². The predicted octanol–water partition coefficient (Wildman–Crippen LogP) is -0.772. The zero-order valence-electron chi connectivity index (χ0n) is 7.56. The van der Waals surface area contributed by atoms with Crippen molar-refractivity contribution in [3.8, 4) is 0 Å². The van der Waals surface area contributed by atoms with E-state index in [1.54, 1.807) is 6.92 Å². The molecular weight excluding hydrogens is 176 g/mol. The van der Waals surface area contributed by atoms with Crippen LogP contribution < -0.4 is 11.5 Å². The molecule has 1 unspecified atom stereocenters. The van der Waals surface area contributed by atoms with E-state index < -0.39 is 18.0 Å². The van der Waals surface area contributed by atoms with Crippen LogP contribution in [0.5, 0.6) is 0 Å². The molecule has 13 heavy (non-hydrogen) atoms. The standard InChI is InChI=1S/C4H9NO2.C3H7NO2/c1-2-3(5)4(6)7;4-2-1-3(5)6/h3H,2,5H2,1H3,(H,6,7);1-2,4H2,(H,5,6). The molecule has 0 rings (SSSR count). The third-order valence-corrected chi connectivity index (χ3v) is 1.12. The van der Waals surface area contributed by atoms with Gasteiger partial charge in [0.15, 0.2) is 0 Å². The fourth-order valence-corrected chi connectivity index (χ4v) is 0.298. The lowest BCUT2D eigenvalue weighted by atomic mass is 10.2. The third-order valence-electron chi connectivity index (χ3n) is 1.12. The first kappa shape index (κ1) is 14.4. The molecule has 1 atom stereocenters. The van der Waals surface area contributed by atoms with E-state index in [2.05, 4.69) is 0 Å². The van der Waals surface area contributed by atoms with Crippen molar-refractivity contribution in [1.29, 1.82) is 0 Å². The second-order valence-corrected chi connectivity index (χ2v) is 2.29. The summed E-state index contributed by atoms with van der Waals surface area (Å²) in [4.78, 5) is 19.3. The average molecular weight is 192 g/mol. The second-order valence-electron chi connectivity index (χ2n) is 2.29. The number of carbonyl (C=O) groups is 2. The normalized spacial score (nSPS) is 11.0. The van der Waals surface area contributed by atoms with Gasteiger partial charge in [0.05, 0.1) is 6.42 Å². The van der Waals surface area contributed by atoms with Crippen molar-refractivity contribution in [2.75, 3.05) is 6.54 Å². The van der Waals surface area contributed by atoms with Crippen LogP contribution in [-0.4, -0.2) is 34.7 Å². The number of carboxylic acids is 2. The Kier molecular flexibility index (Phi) is 9.91. The number of carboxylic acid groups (broad SMARTS) is 2. The van der Waals surface area contributed by atoms with E-state index in [-0.39, 0.29) is 13.0 Å². The molecule has 0 aliphatic carbocycles. The largest absolute Gasteiger partial charge is 0.481 e. The molecule has 0 bridgehead atoms. The van der Waals surface area contributed by atoms with E-state index in [0.29, 0.717) is 6.42 Å². The first-order valence-corrected chi connectivity index (χ1v) is 3.85. The highest BCUT2D eigenvalue weighted by molar-refractivity contribution is 5.72. The molecule has 78 valence electrons. The molecule has 0 saturated heterocycles. The van der Waals surface area contributed by atoms with E-state index >= 15 is 0 Å². The minimum Gasteiger partial charge on any atom is -0.481 e. The van der Waals surface area contributed by atoms with Crippen molar-refractivity contribution >= 4 is 11.9 Å². The van der Waals surface area contributed by atoms with Gasteiger partial charge >= 0.3 is 11.9 Å². The molecule has 6 nitrogen and oxygen atoms in total. The number of rotatable bonds is 4. The van der Waals surface area contributed by atoms with Crippen LogP contribution >= 0.6 is 0 Å². The molecule has 0 aromatic heterocycles. The molecule has 0 fully saturated rings. The van der Waals surface area contributed by atoms with E-state index in [9.17, 15) is 9.59 Å². The van der Waals surface area contributed by atoms with Crippen molar-refractivity contribution in [2.24, 2.45) is 11.5 Å². The summed E-state index contributed by atoms with van der Waals surface area (Å²) < 4.78 is 0. The Morgan fingerprint density at radius 1 is 1.38 bits per heavy atom. The van der Waals surface area contributed by atoms with Gasteiger partial charge in [-0.1, -0.05) is 6.92 Å². The lowest BCUT2D eigenvalue weighted by Crippen LogP contribution is -2.28. The maximum absolute atomic E-state index is 9.81. The Balaban J connectivity index is 0. The Labute approximate surface area is 76.5 Å². The van der Waals surface area contributed by atoms with Gasteiger partial charge in [-0.3, -0.25) is 9.59 Å². The van der Waals surface area contributed by atoms with Crippen LogP contribution in [0.2, 0.25) is 0 Å². The van der Waals surface area contributed by atoms with Gasteiger partial charge in [0.2, 0.25) is 0 Å². The highest BCUT2D eigenvalue weighted by Crippen LogP contribution is 1.82. The Bertz CT molecular complexity index is 161. The molecule has 6 heteroatoms. The molecule has 0 aliphatic heterocycles. The van der Waals surface area contributed by atoms with Crippen molar-refractivity contribution < 1.29 is 19.8 Å². The molecule has 0 aliphatic rings. The van der Waals surface area contributed by atoms with E-state index in [4.69, 9.17) is 21.7 Å². The molecule has 0 aromatic rings. The number of hydrogen-bond donors (Lipinski definition) is 4. The molecule has 6 N–H and O–H groups in total. The van der Waals surface area contributed by atoms with Crippen LogP contribution in [0.15, 0.2) is 0 Å². The molecule has 0 amide bonds. The number of aliphatic carboxylic acids is 2. The SMILES string of the molecule is CCC(N)C(=O)O.NCCC(=O)O. The second kappa shape index (κ2) is 8.95. The third kappa shape index (κ3) is 13.8. The van der Waals surface area contributed by atoms with Crippen LogP contribution in [0.1, 0.15) is 19.8 Å². The predicted molar refractivity (Wildman–Crippen MR) is 47.2 cm³/mol. The number of nitrogens with two attached hydrogens (primary N) is 2. The zero-order valence-corrected chi connectivity index (χ0v) is 7.56. The molecule has 0 saturated carbocycles. The summed E-state index contributed by atoms with van der Waals surface area (Å²) in [7, 11) is 0. The lowest BCUT2D eigenvalue weighted by molar-refractivity contribution is -0.139. The monoisotopic (exact) mass is 192 g/mol. The topological polar surface area (TPSA) is 127 Å². The summed E-state index contributed by atoms with van der Waals surface area (Å²) in [6, 6.07) is -0.681. The maximum Gasteiger partial charge on any atom is 0.320 e. The summed E-state index contributed by atoms with van der Waals surface area (Å²) in [5, 5.41) is 15.9. The summed E-state index contributed by atoms with van der Waals surface area (Å²) in [6.45, 7) is 1.97. The Hall–Kier alpha value is -1.14. The summed E-state index contributed by atoms with van der Waals surface area (Å²) in [6.07, 6.45) is 0.565. The fraction of sp³-hybridized carbons (Fsp3) is 0.714. The Morgan fingerprint density at radius 2 is 1.85 bits per heavy atom. The smallest absolute Gasteiger partial charge is 0.320 e. The highest BCUT2D eigenvalue weighted by atomic mass is 16.4. The van der Waals surface area contributed by atoms with Crippen LogP contribution in [-0.2, 0) is 9.59 Å². The zero-order chi connectivity index (χ0) is 10.9. The summed E-state index contributed by atoms with van der Waals surface area (Å²) in [5.41, 5.74) is 9.86. The molecule has 0 aromatic carbocycles. The van der Waals surface area contributed by atoms with Crippen LogP contribution in [0.4, 0.5) is 0 Å². The molecule has 0 spiro atoms. The number of hydrogen-bond acceptors (Lipinski definition) is 4. The van der Waals surface area contributed by atoms with Gasteiger partial charge in [0.25, 0.3) is 0 Å². The van der Waals surface area contributed by atoms with Gasteiger partial charge in [-0.2, -0.15) is 0 Å². The van der Waals surface area contributed by atoms with Crippen LogP contribution in [0, 0.1) is 0 Å². The van der Waals surface area contributed by atoms with E-state index in [1.807, 2.05) is 0 Å². The van der Waals surface area contributed by atoms with Gasteiger partial charge < -0.3 is 21.7 Å². The summed E-state index contributed by atoms with van der Waals surface area (Å²) in [5.74, 6) is -1.76. The molecular formula is C7H16N2O4. The fourth-order valence-electron chi connectivity index (χ4n) is 0.298. The van der Waals surface area contributed by atoms with Crippen LogP contribution in [0.25, 0.3) is 0 Å².